The van der Waals surface area contributed by atoms with E-state index in [9.17, 15) is 8.78 Å². The predicted octanol–water partition coefficient (Wildman–Crippen LogP) is 5.33. The molecule has 2 aliphatic carbocycles. The Morgan fingerprint density at radius 2 is 1.32 bits per heavy atom. The van der Waals surface area contributed by atoms with Crippen molar-refractivity contribution in [3.05, 3.63) is 0 Å². The quantitative estimate of drug-likeness (QED) is 0.669. The zero-order valence-electron chi connectivity index (χ0n) is 14.1. The second-order valence-electron chi connectivity index (χ2n) is 8.35. The van der Waals surface area contributed by atoms with Crippen molar-refractivity contribution in [2.75, 3.05) is 6.61 Å². The van der Waals surface area contributed by atoms with Crippen LogP contribution in [0.1, 0.15) is 65.2 Å². The molecule has 0 N–H and O–H groups in total. The van der Waals surface area contributed by atoms with Crippen LogP contribution in [0.4, 0.5) is 8.78 Å². The first-order valence-corrected chi connectivity index (χ1v) is 9.44. The van der Waals surface area contributed by atoms with Crippen LogP contribution in [0.15, 0.2) is 0 Å². The van der Waals surface area contributed by atoms with Crippen molar-refractivity contribution < 1.29 is 13.5 Å². The van der Waals surface area contributed by atoms with Crippen LogP contribution in [-0.4, -0.2) is 25.1 Å². The fourth-order valence-electron chi connectivity index (χ4n) is 4.98. The predicted molar refractivity (Wildman–Crippen MR) is 85.3 cm³/mol. The van der Waals surface area contributed by atoms with E-state index < -0.39 is 18.3 Å². The van der Waals surface area contributed by atoms with Gasteiger partial charge in [0.2, 0.25) is 0 Å². The summed E-state index contributed by atoms with van der Waals surface area (Å²) in [5, 5.41) is 0. The molecule has 22 heavy (non-hydrogen) atoms. The van der Waals surface area contributed by atoms with Gasteiger partial charge in [-0.3, -0.25) is 0 Å². The SMILES string of the molecule is CC1CCC(C2CCC(C3CC(F)C(C)[C@@H](F)C3)CC2)OC1. The summed E-state index contributed by atoms with van der Waals surface area (Å²) < 4.78 is 34.0. The summed E-state index contributed by atoms with van der Waals surface area (Å²) in [6, 6.07) is 0. The Kier molecular flexibility index (Phi) is 5.42. The summed E-state index contributed by atoms with van der Waals surface area (Å²) in [4.78, 5) is 0. The first-order valence-electron chi connectivity index (χ1n) is 9.44. The third-order valence-corrected chi connectivity index (χ3v) is 6.74. The Morgan fingerprint density at radius 3 is 1.86 bits per heavy atom. The minimum Gasteiger partial charge on any atom is -0.378 e. The highest BCUT2D eigenvalue weighted by Crippen LogP contribution is 2.44. The molecule has 5 unspecified atom stereocenters. The molecule has 0 spiro atoms. The number of hydrogen-bond donors (Lipinski definition) is 0. The number of alkyl halides is 2. The maximum Gasteiger partial charge on any atom is 0.106 e. The molecule has 0 aromatic rings. The molecular formula is C19H32F2O. The highest BCUT2D eigenvalue weighted by atomic mass is 19.1. The van der Waals surface area contributed by atoms with E-state index in [1.165, 1.54) is 25.7 Å². The molecule has 0 aromatic carbocycles. The molecule has 3 rings (SSSR count). The van der Waals surface area contributed by atoms with Crippen molar-refractivity contribution in [1.29, 1.82) is 0 Å². The van der Waals surface area contributed by atoms with Gasteiger partial charge in [-0.2, -0.15) is 0 Å². The number of rotatable bonds is 2. The first-order chi connectivity index (χ1) is 10.5. The lowest BCUT2D eigenvalue weighted by Gasteiger charge is -2.42. The van der Waals surface area contributed by atoms with Gasteiger partial charge in [0.1, 0.15) is 12.3 Å². The zero-order valence-corrected chi connectivity index (χ0v) is 14.1. The van der Waals surface area contributed by atoms with Crippen molar-refractivity contribution >= 4 is 0 Å². The van der Waals surface area contributed by atoms with Crippen LogP contribution in [0.3, 0.4) is 0 Å². The van der Waals surface area contributed by atoms with E-state index in [2.05, 4.69) is 6.92 Å². The molecule has 1 aliphatic heterocycles. The van der Waals surface area contributed by atoms with Crippen molar-refractivity contribution in [3.63, 3.8) is 0 Å². The highest BCUT2D eigenvalue weighted by Gasteiger charge is 2.40. The van der Waals surface area contributed by atoms with Crippen LogP contribution in [0.2, 0.25) is 0 Å². The van der Waals surface area contributed by atoms with Gasteiger partial charge in [-0.05, 0) is 75.0 Å². The smallest absolute Gasteiger partial charge is 0.106 e. The van der Waals surface area contributed by atoms with Gasteiger partial charge >= 0.3 is 0 Å². The molecule has 1 saturated heterocycles. The molecule has 0 bridgehead atoms. The summed E-state index contributed by atoms with van der Waals surface area (Å²) in [6.07, 6.45) is 6.96. The molecule has 128 valence electrons. The van der Waals surface area contributed by atoms with Crippen LogP contribution in [0.25, 0.3) is 0 Å². The Balaban J connectivity index is 1.47. The lowest BCUT2D eigenvalue weighted by atomic mass is 9.67. The largest absolute Gasteiger partial charge is 0.378 e. The third-order valence-electron chi connectivity index (χ3n) is 6.74. The lowest BCUT2D eigenvalue weighted by Crippen LogP contribution is -2.39. The topological polar surface area (TPSA) is 9.23 Å². The molecule has 0 aromatic heterocycles. The second-order valence-corrected chi connectivity index (χ2v) is 8.35. The molecule has 0 radical (unpaired) electrons. The Bertz CT molecular complexity index is 333. The van der Waals surface area contributed by atoms with Gasteiger partial charge in [0.15, 0.2) is 0 Å². The molecule has 0 amide bonds. The van der Waals surface area contributed by atoms with Crippen molar-refractivity contribution in [2.45, 2.75) is 83.7 Å². The maximum absolute atomic E-state index is 14.0. The van der Waals surface area contributed by atoms with Gasteiger partial charge in [-0.15, -0.1) is 0 Å². The van der Waals surface area contributed by atoms with E-state index in [1.807, 2.05) is 0 Å². The Morgan fingerprint density at radius 1 is 0.727 bits per heavy atom. The standard InChI is InChI=1S/C19H32F2O/c1-12-3-8-19(22-11-12)15-6-4-14(5-7-15)16-9-17(20)13(2)18(21)10-16/h12-19H,3-11H2,1-2H3/t12?,13?,14?,15?,16?,17-,18?,19?/m0/s1. The van der Waals surface area contributed by atoms with Crippen LogP contribution >= 0.6 is 0 Å². The number of halogens is 2. The zero-order chi connectivity index (χ0) is 15.7. The van der Waals surface area contributed by atoms with Gasteiger partial charge in [-0.1, -0.05) is 13.8 Å². The average molecular weight is 314 g/mol. The number of ether oxygens (including phenoxy) is 1. The van der Waals surface area contributed by atoms with Gasteiger partial charge < -0.3 is 4.74 Å². The summed E-state index contributed by atoms with van der Waals surface area (Å²) >= 11 is 0. The van der Waals surface area contributed by atoms with Crippen LogP contribution in [0.5, 0.6) is 0 Å². The van der Waals surface area contributed by atoms with E-state index in [4.69, 9.17) is 4.74 Å². The molecule has 3 fully saturated rings. The molecule has 3 aliphatic rings. The van der Waals surface area contributed by atoms with Gasteiger partial charge in [0.05, 0.1) is 6.10 Å². The van der Waals surface area contributed by atoms with Crippen LogP contribution in [0, 0.1) is 29.6 Å². The van der Waals surface area contributed by atoms with Gasteiger partial charge in [0.25, 0.3) is 0 Å². The summed E-state index contributed by atoms with van der Waals surface area (Å²) in [5.41, 5.74) is 0. The van der Waals surface area contributed by atoms with E-state index in [1.54, 1.807) is 6.92 Å². The Hall–Kier alpha value is -0.180. The molecule has 3 heteroatoms. The third kappa shape index (κ3) is 3.66. The maximum atomic E-state index is 14.0. The van der Waals surface area contributed by atoms with E-state index in [-0.39, 0.29) is 5.92 Å². The van der Waals surface area contributed by atoms with E-state index in [0.29, 0.717) is 36.7 Å². The monoisotopic (exact) mass is 314 g/mol. The molecule has 1 heterocycles. The molecule has 1 nitrogen and oxygen atoms in total. The van der Waals surface area contributed by atoms with Crippen LogP contribution < -0.4 is 0 Å². The van der Waals surface area contributed by atoms with Gasteiger partial charge in [-0.25, -0.2) is 8.78 Å². The Labute approximate surface area is 134 Å². The van der Waals surface area contributed by atoms with E-state index in [0.717, 1.165) is 19.4 Å². The molecule has 2 saturated carbocycles. The van der Waals surface area contributed by atoms with Gasteiger partial charge in [0, 0.05) is 12.5 Å². The minimum atomic E-state index is -0.936. The second kappa shape index (κ2) is 7.15. The first kappa shape index (κ1) is 16.7. The lowest BCUT2D eigenvalue weighted by molar-refractivity contribution is -0.0594. The fourth-order valence-corrected chi connectivity index (χ4v) is 4.98. The normalized spacial score (nSPS) is 50.7. The van der Waals surface area contributed by atoms with Crippen LogP contribution in [-0.2, 0) is 4.74 Å². The fraction of sp³-hybridized carbons (Fsp3) is 1.00. The van der Waals surface area contributed by atoms with Crippen molar-refractivity contribution in [3.8, 4) is 0 Å². The summed E-state index contributed by atoms with van der Waals surface area (Å²) in [7, 11) is 0. The van der Waals surface area contributed by atoms with E-state index >= 15 is 0 Å². The van der Waals surface area contributed by atoms with Crippen molar-refractivity contribution in [1.82, 2.24) is 0 Å². The van der Waals surface area contributed by atoms with Crippen molar-refractivity contribution in [2.24, 2.45) is 29.6 Å². The molecule has 6 atom stereocenters. The summed E-state index contributed by atoms with van der Waals surface area (Å²) in [6.45, 7) is 4.90. The summed E-state index contributed by atoms with van der Waals surface area (Å²) in [5.74, 6) is 1.82. The minimum absolute atomic E-state index is 0.273. The highest BCUT2D eigenvalue weighted by molar-refractivity contribution is 4.90. The average Bonchev–Trinajstić information content (AvgIpc) is 2.53. The molecular weight excluding hydrogens is 282 g/mol. The number of hydrogen-bond acceptors (Lipinski definition) is 1.